The third-order valence-corrected chi connectivity index (χ3v) is 2.52. The average molecular weight is 306 g/mol. The summed E-state index contributed by atoms with van der Waals surface area (Å²) in [5.74, 6) is 0. The maximum absolute atomic E-state index is 8.74. The monoisotopic (exact) mass is 306 g/mol. The van der Waals surface area contributed by atoms with Gasteiger partial charge in [-0.05, 0) is 25.7 Å². The molecular weight excluding hydrogens is 271 g/mol. The van der Waals surface area contributed by atoms with Crippen LogP contribution < -0.4 is 0 Å². The van der Waals surface area contributed by atoms with Crippen LogP contribution in [0.2, 0.25) is 0 Å². The average Bonchev–Trinajstić information content (AvgIpc) is 2.40. The highest BCUT2D eigenvalue weighted by molar-refractivity contribution is 7.30. The first-order valence-electron chi connectivity index (χ1n) is 7.70. The van der Waals surface area contributed by atoms with E-state index >= 15 is 0 Å². The molecule has 4 heteroatoms. The van der Waals surface area contributed by atoms with E-state index in [9.17, 15) is 0 Å². The molecular formula is C16H35O3P. The van der Waals surface area contributed by atoms with Crippen LogP contribution in [0.5, 0.6) is 0 Å². The van der Waals surface area contributed by atoms with Crippen LogP contribution in [0.15, 0.2) is 25.3 Å². The molecule has 0 atom stereocenters. The topological polar surface area (TPSA) is 57.5 Å². The van der Waals surface area contributed by atoms with E-state index in [2.05, 4.69) is 27.0 Å². The Kier molecular flexibility index (Phi) is 33.3. The molecule has 3 nitrogen and oxygen atoms in total. The van der Waals surface area contributed by atoms with Crippen molar-refractivity contribution in [2.75, 3.05) is 0 Å². The zero-order valence-corrected chi connectivity index (χ0v) is 14.4. The van der Waals surface area contributed by atoms with Gasteiger partial charge in [-0.25, -0.2) is 0 Å². The van der Waals surface area contributed by atoms with E-state index in [-0.39, 0.29) is 0 Å². The molecule has 0 radical (unpaired) electrons. The minimum absolute atomic E-state index is 1.19. The lowest BCUT2D eigenvalue weighted by Gasteiger charge is -1.91. The molecule has 0 amide bonds. The lowest BCUT2D eigenvalue weighted by molar-refractivity contribution is 0.405. The first kappa shape index (κ1) is 24.6. The summed E-state index contributed by atoms with van der Waals surface area (Å²) in [4.78, 5) is 14.3. The Bertz CT molecular complexity index is 186. The highest BCUT2D eigenvalue weighted by atomic mass is 31.1. The smallest absolute Gasteiger partial charge is 0.314 e. The standard InChI is InChI=1S/2C8H16.H3O3P/c2*1-3-5-7-8-6-4-2;1-4(2)3/h2*3H,1,4-8H2,2H3;4H,(H2,1,2,3). The zero-order chi connectivity index (χ0) is 16.1. The summed E-state index contributed by atoms with van der Waals surface area (Å²) in [6, 6.07) is 0. The molecule has 2 N–H and O–H groups in total. The van der Waals surface area contributed by atoms with Gasteiger partial charge in [-0.15, -0.1) is 13.2 Å². The first-order chi connectivity index (χ1) is 9.56. The molecule has 0 fully saturated rings. The van der Waals surface area contributed by atoms with Gasteiger partial charge in [0.05, 0.1) is 0 Å². The van der Waals surface area contributed by atoms with E-state index in [1.54, 1.807) is 0 Å². The summed E-state index contributed by atoms with van der Waals surface area (Å²) in [5.41, 5.74) is 0. The van der Waals surface area contributed by atoms with Crippen molar-refractivity contribution in [3.05, 3.63) is 25.3 Å². The van der Waals surface area contributed by atoms with Crippen LogP contribution in [0.3, 0.4) is 0 Å². The van der Waals surface area contributed by atoms with Gasteiger partial charge in [-0.3, -0.25) is 4.57 Å². The fraction of sp³-hybridized carbons (Fsp3) is 0.750. The molecule has 0 unspecified atom stereocenters. The van der Waals surface area contributed by atoms with Crippen molar-refractivity contribution < 1.29 is 14.4 Å². The van der Waals surface area contributed by atoms with E-state index in [1.165, 1.54) is 64.2 Å². The quantitative estimate of drug-likeness (QED) is 0.311. The highest BCUT2D eigenvalue weighted by Gasteiger charge is 1.82. The van der Waals surface area contributed by atoms with Gasteiger partial charge in [0.25, 0.3) is 0 Å². The van der Waals surface area contributed by atoms with E-state index in [0.29, 0.717) is 0 Å². The van der Waals surface area contributed by atoms with Crippen LogP contribution in [-0.4, -0.2) is 9.79 Å². The van der Waals surface area contributed by atoms with Gasteiger partial charge in [0, 0.05) is 0 Å². The first-order valence-corrected chi connectivity index (χ1v) is 9.00. The van der Waals surface area contributed by atoms with E-state index in [1.807, 2.05) is 12.2 Å². The Morgan fingerprint density at radius 2 is 1.10 bits per heavy atom. The van der Waals surface area contributed by atoms with Crippen molar-refractivity contribution in [1.29, 1.82) is 0 Å². The Balaban J connectivity index is -0.000000230. The molecule has 20 heavy (non-hydrogen) atoms. The normalized spacial score (nSPS) is 9.05. The fourth-order valence-corrected chi connectivity index (χ4v) is 1.43. The summed E-state index contributed by atoms with van der Waals surface area (Å²) >= 11 is 0. The van der Waals surface area contributed by atoms with Crippen LogP contribution in [-0.2, 0) is 4.57 Å². The van der Waals surface area contributed by atoms with Gasteiger partial charge in [-0.1, -0.05) is 64.5 Å². The van der Waals surface area contributed by atoms with Gasteiger partial charge in [0.2, 0.25) is 0 Å². The largest absolute Gasteiger partial charge is 0.326 e. The van der Waals surface area contributed by atoms with Crippen LogP contribution >= 0.6 is 8.25 Å². The van der Waals surface area contributed by atoms with Crippen LogP contribution in [0.4, 0.5) is 0 Å². The number of unbranched alkanes of at least 4 members (excludes halogenated alkanes) is 8. The van der Waals surface area contributed by atoms with Crippen molar-refractivity contribution in [1.82, 2.24) is 0 Å². The number of hydrogen-bond donors (Lipinski definition) is 2. The fourth-order valence-electron chi connectivity index (χ4n) is 1.43. The van der Waals surface area contributed by atoms with Gasteiger partial charge >= 0.3 is 8.25 Å². The molecule has 0 saturated heterocycles. The van der Waals surface area contributed by atoms with Gasteiger partial charge in [0.1, 0.15) is 0 Å². The number of rotatable bonds is 10. The molecule has 0 aliphatic heterocycles. The molecule has 122 valence electrons. The minimum atomic E-state index is -3.13. The molecule has 0 saturated carbocycles. The van der Waals surface area contributed by atoms with Crippen LogP contribution in [0, 0.1) is 0 Å². The number of allylic oxidation sites excluding steroid dienone is 2. The van der Waals surface area contributed by atoms with Gasteiger partial charge < -0.3 is 9.79 Å². The Labute approximate surface area is 126 Å². The van der Waals surface area contributed by atoms with E-state index in [0.717, 1.165) is 0 Å². The van der Waals surface area contributed by atoms with Crippen molar-refractivity contribution >= 4 is 8.25 Å². The highest BCUT2D eigenvalue weighted by Crippen LogP contribution is 2.02. The lowest BCUT2D eigenvalue weighted by Crippen LogP contribution is -1.71. The van der Waals surface area contributed by atoms with E-state index < -0.39 is 8.25 Å². The summed E-state index contributed by atoms with van der Waals surface area (Å²) in [6.07, 6.45) is 17.2. The van der Waals surface area contributed by atoms with Crippen molar-refractivity contribution in [3.63, 3.8) is 0 Å². The number of hydrogen-bond acceptors (Lipinski definition) is 1. The summed E-state index contributed by atoms with van der Waals surface area (Å²) in [7, 11) is -3.13. The SMILES string of the molecule is C=CCCCCCC.C=CCCCCCC.O=[PH](O)O. The Morgan fingerprint density at radius 3 is 1.30 bits per heavy atom. The van der Waals surface area contributed by atoms with Gasteiger partial charge in [-0.2, -0.15) is 0 Å². The Hall–Kier alpha value is -0.370. The summed E-state index contributed by atoms with van der Waals surface area (Å²) < 4.78 is 8.74. The molecule has 0 bridgehead atoms. The molecule has 0 aliphatic rings. The van der Waals surface area contributed by atoms with Crippen molar-refractivity contribution in [3.8, 4) is 0 Å². The van der Waals surface area contributed by atoms with Crippen molar-refractivity contribution in [2.45, 2.75) is 78.1 Å². The molecule has 0 aromatic rings. The maximum Gasteiger partial charge on any atom is 0.314 e. The molecule has 0 aromatic heterocycles. The van der Waals surface area contributed by atoms with Crippen LogP contribution in [0.1, 0.15) is 78.1 Å². The zero-order valence-electron chi connectivity index (χ0n) is 13.4. The second kappa shape index (κ2) is 27.1. The maximum atomic E-state index is 8.74. The molecule has 0 rings (SSSR count). The summed E-state index contributed by atoms with van der Waals surface area (Å²) in [6.45, 7) is 11.8. The predicted octanol–water partition coefficient (Wildman–Crippen LogP) is 5.65. The second-order valence-corrected chi connectivity index (χ2v) is 5.12. The molecule has 0 aromatic carbocycles. The van der Waals surface area contributed by atoms with E-state index in [4.69, 9.17) is 14.4 Å². The molecule has 0 spiro atoms. The van der Waals surface area contributed by atoms with Crippen molar-refractivity contribution in [2.24, 2.45) is 0 Å². The second-order valence-electron chi connectivity index (χ2n) is 4.56. The van der Waals surface area contributed by atoms with Crippen LogP contribution in [0.25, 0.3) is 0 Å². The lowest BCUT2D eigenvalue weighted by atomic mass is 10.2. The Morgan fingerprint density at radius 1 is 0.800 bits per heavy atom. The third kappa shape index (κ3) is 52.6. The molecule has 0 heterocycles. The molecule has 0 aliphatic carbocycles. The third-order valence-electron chi connectivity index (χ3n) is 2.52. The summed E-state index contributed by atoms with van der Waals surface area (Å²) in [5, 5.41) is 0. The minimum Gasteiger partial charge on any atom is -0.326 e. The predicted molar refractivity (Wildman–Crippen MR) is 91.4 cm³/mol. The van der Waals surface area contributed by atoms with Gasteiger partial charge in [0.15, 0.2) is 0 Å².